The fourth-order valence-electron chi connectivity index (χ4n) is 0.822. The highest BCUT2D eigenvalue weighted by Gasteiger charge is 2.01. The van der Waals surface area contributed by atoms with Crippen LogP contribution in [0.5, 0.6) is 0 Å². The van der Waals surface area contributed by atoms with Crippen molar-refractivity contribution >= 4 is 17.4 Å². The van der Waals surface area contributed by atoms with Crippen molar-refractivity contribution in [3.05, 3.63) is 24.0 Å². The molecule has 2 nitrogen and oxygen atoms in total. The first-order valence-electron chi connectivity index (χ1n) is 3.99. The highest BCUT2D eigenvalue weighted by molar-refractivity contribution is 7.99. The zero-order valence-electron chi connectivity index (χ0n) is 7.42. The Morgan fingerprint density at radius 3 is 3.00 bits per heavy atom. The predicted molar refractivity (Wildman–Crippen MR) is 53.2 cm³/mol. The van der Waals surface area contributed by atoms with Crippen LogP contribution in [0.3, 0.4) is 0 Å². The highest BCUT2D eigenvalue weighted by atomic mass is 32.2. The van der Waals surface area contributed by atoms with Crippen molar-refractivity contribution < 1.29 is 9.13 Å². The maximum Gasteiger partial charge on any atom is 0.124 e. The topological polar surface area (TPSA) is 35.2 Å². The molecule has 0 heterocycles. The number of hydrogen-bond donors (Lipinski definition) is 1. The van der Waals surface area contributed by atoms with Gasteiger partial charge in [-0.25, -0.2) is 4.39 Å². The van der Waals surface area contributed by atoms with Crippen molar-refractivity contribution in [3.63, 3.8) is 0 Å². The van der Waals surface area contributed by atoms with Crippen molar-refractivity contribution in [1.82, 2.24) is 0 Å². The number of nitrogen functional groups attached to an aromatic ring is 1. The third-order valence-corrected chi connectivity index (χ3v) is 2.43. The van der Waals surface area contributed by atoms with Gasteiger partial charge >= 0.3 is 0 Å². The molecule has 0 radical (unpaired) electrons. The van der Waals surface area contributed by atoms with Crippen LogP contribution >= 0.6 is 11.8 Å². The summed E-state index contributed by atoms with van der Waals surface area (Å²) in [7, 11) is 0. The van der Waals surface area contributed by atoms with Gasteiger partial charge in [0.05, 0.1) is 5.94 Å². The second-order valence-electron chi connectivity index (χ2n) is 2.44. The van der Waals surface area contributed by atoms with Crippen molar-refractivity contribution in [1.29, 1.82) is 0 Å². The molecular weight excluding hydrogens is 189 g/mol. The zero-order chi connectivity index (χ0) is 9.68. The Bertz CT molecular complexity index is 280. The Morgan fingerprint density at radius 2 is 2.31 bits per heavy atom. The number of thioether (sulfide) groups is 1. The summed E-state index contributed by atoms with van der Waals surface area (Å²) < 4.78 is 17.9. The molecule has 0 aliphatic heterocycles. The van der Waals surface area contributed by atoms with E-state index in [1.165, 1.54) is 23.9 Å². The molecule has 0 saturated carbocycles. The van der Waals surface area contributed by atoms with Crippen LogP contribution in [0.4, 0.5) is 10.1 Å². The lowest BCUT2D eigenvalue weighted by Gasteiger charge is -2.04. The van der Waals surface area contributed by atoms with Crippen LogP contribution < -0.4 is 5.73 Å². The second kappa shape index (κ2) is 5.09. The minimum Gasteiger partial charge on any atom is -0.398 e. The summed E-state index contributed by atoms with van der Waals surface area (Å²) in [6.07, 6.45) is 0. The molecule has 0 amide bonds. The maximum absolute atomic E-state index is 12.7. The van der Waals surface area contributed by atoms with Crippen molar-refractivity contribution in [2.24, 2.45) is 0 Å². The van der Waals surface area contributed by atoms with E-state index in [0.717, 1.165) is 4.90 Å². The number of nitrogens with two attached hydrogens (primary N) is 1. The van der Waals surface area contributed by atoms with Gasteiger partial charge in [-0.3, -0.25) is 0 Å². The lowest BCUT2D eigenvalue weighted by Crippen LogP contribution is -1.92. The van der Waals surface area contributed by atoms with E-state index >= 15 is 0 Å². The molecule has 72 valence electrons. The van der Waals surface area contributed by atoms with Crippen LogP contribution in [-0.2, 0) is 4.74 Å². The number of halogens is 1. The smallest absolute Gasteiger partial charge is 0.124 e. The van der Waals surface area contributed by atoms with Crippen molar-refractivity contribution in [2.75, 3.05) is 18.3 Å². The molecule has 0 unspecified atom stereocenters. The Balaban J connectivity index is 2.59. The number of ether oxygens (including phenoxy) is 1. The molecule has 1 rings (SSSR count). The fourth-order valence-corrected chi connectivity index (χ4v) is 1.63. The Hall–Kier alpha value is -0.740. The standard InChI is InChI=1S/C9H12FNOS/c1-2-12-6-13-9-5-7(10)3-4-8(9)11/h3-5H,2,6,11H2,1H3. The quantitative estimate of drug-likeness (QED) is 0.352. The lowest BCUT2D eigenvalue weighted by atomic mass is 10.3. The van der Waals surface area contributed by atoms with Crippen molar-refractivity contribution in [3.8, 4) is 0 Å². The third-order valence-electron chi connectivity index (χ3n) is 1.48. The van der Waals surface area contributed by atoms with Gasteiger partial charge in [0.25, 0.3) is 0 Å². The molecule has 0 bridgehead atoms. The molecule has 0 spiro atoms. The Labute approximate surface area is 81.3 Å². The Kier molecular flexibility index (Phi) is 4.05. The van der Waals surface area contributed by atoms with Crippen LogP contribution in [0, 0.1) is 5.82 Å². The molecule has 1 aromatic rings. The van der Waals surface area contributed by atoms with E-state index in [2.05, 4.69) is 0 Å². The molecule has 4 heteroatoms. The SMILES string of the molecule is CCOCSc1cc(F)ccc1N. The molecule has 0 fully saturated rings. The molecule has 0 atom stereocenters. The van der Waals surface area contributed by atoms with Gasteiger partial charge in [0.2, 0.25) is 0 Å². The van der Waals surface area contributed by atoms with E-state index in [1.54, 1.807) is 6.07 Å². The number of anilines is 1. The summed E-state index contributed by atoms with van der Waals surface area (Å²) in [5.41, 5.74) is 6.22. The predicted octanol–water partition coefficient (Wildman–Crippen LogP) is 2.49. The average molecular weight is 201 g/mol. The lowest BCUT2D eigenvalue weighted by molar-refractivity contribution is 0.199. The number of rotatable bonds is 4. The average Bonchev–Trinajstić information content (AvgIpc) is 2.11. The van der Waals surface area contributed by atoms with E-state index in [1.807, 2.05) is 6.92 Å². The highest BCUT2D eigenvalue weighted by Crippen LogP contribution is 2.25. The number of benzene rings is 1. The van der Waals surface area contributed by atoms with E-state index in [0.29, 0.717) is 18.2 Å². The summed E-state index contributed by atoms with van der Waals surface area (Å²) in [6.45, 7) is 2.57. The first-order chi connectivity index (χ1) is 6.24. The summed E-state index contributed by atoms with van der Waals surface area (Å²) in [5, 5.41) is 0. The van der Waals surface area contributed by atoms with E-state index in [4.69, 9.17) is 10.5 Å². The molecule has 0 aliphatic carbocycles. The van der Waals surface area contributed by atoms with Gasteiger partial charge in [0, 0.05) is 17.2 Å². The molecule has 1 aromatic carbocycles. The van der Waals surface area contributed by atoms with Gasteiger partial charge in [-0.1, -0.05) is 11.8 Å². The van der Waals surface area contributed by atoms with Gasteiger partial charge in [-0.15, -0.1) is 0 Å². The van der Waals surface area contributed by atoms with Gasteiger partial charge < -0.3 is 10.5 Å². The van der Waals surface area contributed by atoms with Crippen LogP contribution in [0.2, 0.25) is 0 Å². The molecule has 13 heavy (non-hydrogen) atoms. The summed E-state index contributed by atoms with van der Waals surface area (Å²) >= 11 is 1.40. The van der Waals surface area contributed by atoms with Gasteiger partial charge in [0.1, 0.15) is 5.82 Å². The molecular formula is C9H12FNOS. The molecule has 0 aromatic heterocycles. The van der Waals surface area contributed by atoms with E-state index < -0.39 is 0 Å². The monoisotopic (exact) mass is 201 g/mol. The van der Waals surface area contributed by atoms with Crippen LogP contribution in [0.15, 0.2) is 23.1 Å². The van der Waals surface area contributed by atoms with E-state index in [-0.39, 0.29) is 5.82 Å². The van der Waals surface area contributed by atoms with Gasteiger partial charge in [-0.05, 0) is 25.1 Å². The van der Waals surface area contributed by atoms with Gasteiger partial charge in [-0.2, -0.15) is 0 Å². The van der Waals surface area contributed by atoms with Crippen LogP contribution in [0.1, 0.15) is 6.92 Å². The fraction of sp³-hybridized carbons (Fsp3) is 0.333. The minimum absolute atomic E-state index is 0.270. The largest absolute Gasteiger partial charge is 0.398 e. The Morgan fingerprint density at radius 1 is 1.54 bits per heavy atom. The normalized spacial score (nSPS) is 10.3. The summed E-state index contributed by atoms with van der Waals surface area (Å²) in [4.78, 5) is 0.730. The maximum atomic E-state index is 12.7. The van der Waals surface area contributed by atoms with E-state index in [9.17, 15) is 4.39 Å². The zero-order valence-corrected chi connectivity index (χ0v) is 8.23. The first kappa shape index (κ1) is 10.3. The first-order valence-corrected chi connectivity index (χ1v) is 4.98. The summed E-state index contributed by atoms with van der Waals surface area (Å²) in [5.74, 6) is 0.234. The molecule has 0 aliphatic rings. The van der Waals surface area contributed by atoms with Gasteiger partial charge in [0.15, 0.2) is 0 Å². The van der Waals surface area contributed by atoms with Crippen LogP contribution in [-0.4, -0.2) is 12.5 Å². The number of hydrogen-bond acceptors (Lipinski definition) is 3. The van der Waals surface area contributed by atoms with Crippen LogP contribution in [0.25, 0.3) is 0 Å². The third kappa shape index (κ3) is 3.24. The summed E-state index contributed by atoms with van der Waals surface area (Å²) in [6, 6.07) is 4.32. The molecule has 2 N–H and O–H groups in total. The second-order valence-corrected chi connectivity index (χ2v) is 3.40. The van der Waals surface area contributed by atoms with Crippen molar-refractivity contribution in [2.45, 2.75) is 11.8 Å². The minimum atomic E-state index is -0.270. The molecule has 0 saturated heterocycles.